The van der Waals surface area contributed by atoms with Gasteiger partial charge in [-0.1, -0.05) is 29.8 Å². The van der Waals surface area contributed by atoms with E-state index in [1.165, 1.54) is 22.8 Å². The number of pyridine rings is 1. The number of hydrogen-bond donors (Lipinski definition) is 1. The second-order valence-corrected chi connectivity index (χ2v) is 8.92. The van der Waals surface area contributed by atoms with Crippen molar-refractivity contribution in [2.45, 2.75) is 11.4 Å². The zero-order valence-electron chi connectivity index (χ0n) is 16.9. The van der Waals surface area contributed by atoms with E-state index < -0.39 is 10.0 Å². The van der Waals surface area contributed by atoms with Crippen molar-refractivity contribution in [1.29, 1.82) is 0 Å². The Hall–Kier alpha value is -2.94. The van der Waals surface area contributed by atoms with Gasteiger partial charge in [-0.05, 0) is 48.0 Å². The summed E-state index contributed by atoms with van der Waals surface area (Å²) >= 11 is 5.97. The van der Waals surface area contributed by atoms with Crippen molar-refractivity contribution in [3.05, 3.63) is 89.2 Å². The average molecular weight is 460 g/mol. The Balaban J connectivity index is 1.99. The molecule has 0 aliphatic rings. The van der Waals surface area contributed by atoms with Gasteiger partial charge in [-0.25, -0.2) is 8.42 Å². The molecule has 3 aromatic rings. The van der Waals surface area contributed by atoms with Crippen LogP contribution in [-0.2, 0) is 21.3 Å². The molecule has 0 saturated carbocycles. The lowest BCUT2D eigenvalue weighted by molar-refractivity contribution is 0.0937. The van der Waals surface area contributed by atoms with Gasteiger partial charge in [-0.3, -0.25) is 14.1 Å². The molecule has 0 spiro atoms. The molecule has 0 radical (unpaired) electrons. The molecule has 1 aromatic heterocycles. The first-order chi connectivity index (χ1) is 14.9. The number of carbonyl (C=O) groups is 1. The first kappa shape index (κ1) is 22.7. The summed E-state index contributed by atoms with van der Waals surface area (Å²) in [6.45, 7) is 0.786. The van der Waals surface area contributed by atoms with Crippen LogP contribution in [0, 0.1) is 0 Å². The number of sulfonamides is 1. The molecule has 2 aromatic carbocycles. The first-order valence-corrected chi connectivity index (χ1v) is 11.3. The van der Waals surface area contributed by atoms with Crippen LogP contribution in [0.15, 0.2) is 78.0 Å². The molecule has 7 nitrogen and oxygen atoms in total. The van der Waals surface area contributed by atoms with Gasteiger partial charge in [-0.2, -0.15) is 0 Å². The highest BCUT2D eigenvalue weighted by Gasteiger charge is 2.26. The summed E-state index contributed by atoms with van der Waals surface area (Å²) in [5.74, 6) is -0.316. The molecule has 1 heterocycles. The van der Waals surface area contributed by atoms with Crippen LogP contribution in [0.2, 0.25) is 5.02 Å². The van der Waals surface area contributed by atoms with Gasteiger partial charge in [0.25, 0.3) is 15.9 Å². The molecule has 0 bridgehead atoms. The van der Waals surface area contributed by atoms with Crippen molar-refractivity contribution in [2.75, 3.05) is 24.6 Å². The molecule has 0 aliphatic heterocycles. The van der Waals surface area contributed by atoms with Crippen molar-refractivity contribution in [3.63, 3.8) is 0 Å². The molecule has 0 unspecified atom stereocenters. The summed E-state index contributed by atoms with van der Waals surface area (Å²) in [6.07, 6.45) is 2.80. The maximum Gasteiger partial charge on any atom is 0.266 e. The number of methoxy groups -OCH3 is 1. The molecule has 31 heavy (non-hydrogen) atoms. The Bertz CT molecular complexity index is 1120. The van der Waals surface area contributed by atoms with E-state index in [1.807, 2.05) is 0 Å². The average Bonchev–Trinajstić information content (AvgIpc) is 2.79. The van der Waals surface area contributed by atoms with Crippen LogP contribution >= 0.6 is 11.6 Å². The number of nitrogens with zero attached hydrogens (tertiary/aromatic N) is 2. The minimum absolute atomic E-state index is 0.0545. The van der Waals surface area contributed by atoms with Crippen LogP contribution in [0.3, 0.4) is 0 Å². The SMILES string of the molecule is COCCNC(=O)c1cccc(N(Cc2ccc(Cl)cc2)S(=O)(=O)c2cccnc2)c1. The summed E-state index contributed by atoms with van der Waals surface area (Å²) in [4.78, 5) is 16.4. The first-order valence-electron chi connectivity index (χ1n) is 9.46. The fourth-order valence-electron chi connectivity index (χ4n) is 2.87. The number of halogens is 1. The number of rotatable bonds is 9. The number of hydrogen-bond acceptors (Lipinski definition) is 5. The van der Waals surface area contributed by atoms with Crippen molar-refractivity contribution < 1.29 is 17.9 Å². The Morgan fingerprint density at radius 2 is 1.90 bits per heavy atom. The van der Waals surface area contributed by atoms with Gasteiger partial charge in [0.15, 0.2) is 0 Å². The van der Waals surface area contributed by atoms with Crippen molar-refractivity contribution in [3.8, 4) is 0 Å². The Morgan fingerprint density at radius 1 is 1.13 bits per heavy atom. The van der Waals surface area contributed by atoms with E-state index in [-0.39, 0.29) is 17.3 Å². The third kappa shape index (κ3) is 5.81. The quantitative estimate of drug-likeness (QED) is 0.495. The van der Waals surface area contributed by atoms with Gasteiger partial charge < -0.3 is 10.1 Å². The number of benzene rings is 2. The van der Waals surface area contributed by atoms with Crippen LogP contribution in [0.25, 0.3) is 0 Å². The molecule has 0 fully saturated rings. The molecule has 0 atom stereocenters. The van der Waals surface area contributed by atoms with E-state index in [0.29, 0.717) is 29.4 Å². The van der Waals surface area contributed by atoms with Crippen LogP contribution in [0.4, 0.5) is 5.69 Å². The number of nitrogens with one attached hydrogen (secondary N) is 1. The fourth-order valence-corrected chi connectivity index (χ4v) is 4.40. The Morgan fingerprint density at radius 3 is 2.58 bits per heavy atom. The molecule has 0 aliphatic carbocycles. The number of ether oxygens (including phenoxy) is 1. The number of aromatic nitrogens is 1. The van der Waals surface area contributed by atoms with Crippen LogP contribution in [-0.4, -0.2) is 39.6 Å². The van der Waals surface area contributed by atoms with Gasteiger partial charge in [0.2, 0.25) is 0 Å². The predicted octanol–water partition coefficient (Wildman–Crippen LogP) is 3.51. The molecular weight excluding hydrogens is 438 g/mol. The third-order valence-electron chi connectivity index (χ3n) is 4.45. The minimum Gasteiger partial charge on any atom is -0.383 e. The highest BCUT2D eigenvalue weighted by Crippen LogP contribution is 2.27. The zero-order chi connectivity index (χ0) is 22.3. The molecule has 1 N–H and O–H groups in total. The predicted molar refractivity (Wildman–Crippen MR) is 120 cm³/mol. The minimum atomic E-state index is -3.94. The number of carbonyl (C=O) groups excluding carboxylic acids is 1. The molecule has 3 rings (SSSR count). The van der Waals surface area contributed by atoms with Crippen molar-refractivity contribution >= 4 is 33.2 Å². The van der Waals surface area contributed by atoms with Crippen molar-refractivity contribution in [1.82, 2.24) is 10.3 Å². The lowest BCUT2D eigenvalue weighted by Crippen LogP contribution is -2.31. The highest BCUT2D eigenvalue weighted by molar-refractivity contribution is 7.92. The van der Waals surface area contributed by atoms with E-state index >= 15 is 0 Å². The lowest BCUT2D eigenvalue weighted by Gasteiger charge is -2.25. The summed E-state index contributed by atoms with van der Waals surface area (Å²) in [6, 6.07) is 16.4. The summed E-state index contributed by atoms with van der Waals surface area (Å²) in [5, 5.41) is 3.29. The lowest BCUT2D eigenvalue weighted by atomic mass is 10.1. The molecule has 9 heteroatoms. The molecule has 0 saturated heterocycles. The van der Waals surface area contributed by atoms with Gasteiger partial charge in [-0.15, -0.1) is 0 Å². The molecule has 1 amide bonds. The second kappa shape index (κ2) is 10.4. The van der Waals surface area contributed by atoms with Gasteiger partial charge in [0.05, 0.1) is 18.8 Å². The highest BCUT2D eigenvalue weighted by atomic mass is 35.5. The number of amides is 1. The molecular formula is C22H22ClN3O4S. The zero-order valence-corrected chi connectivity index (χ0v) is 18.4. The fraction of sp³-hybridized carbons (Fsp3) is 0.182. The van der Waals surface area contributed by atoms with Crippen LogP contribution < -0.4 is 9.62 Å². The van der Waals surface area contributed by atoms with E-state index in [2.05, 4.69) is 10.3 Å². The Labute approximate surface area is 186 Å². The summed E-state index contributed by atoms with van der Waals surface area (Å²) in [5.41, 5.74) is 1.45. The third-order valence-corrected chi connectivity index (χ3v) is 6.46. The van der Waals surface area contributed by atoms with Crippen molar-refractivity contribution in [2.24, 2.45) is 0 Å². The Kier molecular flexibility index (Phi) is 7.62. The van der Waals surface area contributed by atoms with E-state index in [4.69, 9.17) is 16.3 Å². The van der Waals surface area contributed by atoms with Gasteiger partial charge in [0, 0.05) is 36.6 Å². The smallest absolute Gasteiger partial charge is 0.266 e. The topological polar surface area (TPSA) is 88.6 Å². The van der Waals surface area contributed by atoms with E-state index in [0.717, 1.165) is 5.56 Å². The molecule has 162 valence electrons. The maximum absolute atomic E-state index is 13.4. The van der Waals surface area contributed by atoms with E-state index in [9.17, 15) is 13.2 Å². The number of anilines is 1. The largest absolute Gasteiger partial charge is 0.383 e. The maximum atomic E-state index is 13.4. The van der Waals surface area contributed by atoms with Crippen LogP contribution in [0.1, 0.15) is 15.9 Å². The van der Waals surface area contributed by atoms with Crippen LogP contribution in [0.5, 0.6) is 0 Å². The summed E-state index contributed by atoms with van der Waals surface area (Å²) < 4.78 is 33.1. The standard InChI is InChI=1S/C22H22ClN3O4S/c1-30-13-12-25-22(27)18-4-2-5-20(14-18)26(16-17-7-9-19(23)10-8-17)31(28,29)21-6-3-11-24-15-21/h2-11,14-15H,12-13,16H2,1H3,(H,25,27). The summed E-state index contributed by atoms with van der Waals surface area (Å²) in [7, 11) is -2.39. The van der Waals surface area contributed by atoms with Gasteiger partial charge >= 0.3 is 0 Å². The van der Waals surface area contributed by atoms with Gasteiger partial charge in [0.1, 0.15) is 4.90 Å². The monoisotopic (exact) mass is 459 g/mol. The normalized spacial score (nSPS) is 11.2. The van der Waals surface area contributed by atoms with E-state index in [1.54, 1.807) is 61.7 Å². The second-order valence-electron chi connectivity index (χ2n) is 6.63.